The summed E-state index contributed by atoms with van der Waals surface area (Å²) in [6, 6.07) is 0.921. The third-order valence-corrected chi connectivity index (χ3v) is 4.23. The molecule has 2 heteroatoms. The molecule has 1 unspecified atom stereocenters. The van der Waals surface area contributed by atoms with E-state index in [0.29, 0.717) is 0 Å². The highest BCUT2D eigenvalue weighted by molar-refractivity contribution is 4.79. The third-order valence-electron chi connectivity index (χ3n) is 4.23. The first-order chi connectivity index (χ1) is 7.40. The lowest BCUT2D eigenvalue weighted by atomic mass is 10.0. The standard InChI is InChI=1S/C13H26N2/c1-2-15(13-5-3-4-6-13)10-8-12-7-9-14-11-12/h12-14H,2-11H2,1H3. The van der Waals surface area contributed by atoms with Crippen LogP contribution in [-0.2, 0) is 0 Å². The van der Waals surface area contributed by atoms with E-state index in [9.17, 15) is 0 Å². The topological polar surface area (TPSA) is 15.3 Å². The van der Waals surface area contributed by atoms with Crippen LogP contribution in [0.3, 0.4) is 0 Å². The van der Waals surface area contributed by atoms with E-state index in [-0.39, 0.29) is 0 Å². The molecule has 2 aliphatic rings. The molecular formula is C13H26N2. The van der Waals surface area contributed by atoms with E-state index in [4.69, 9.17) is 0 Å². The van der Waals surface area contributed by atoms with Crippen molar-refractivity contribution in [3.05, 3.63) is 0 Å². The fourth-order valence-corrected chi connectivity index (χ4v) is 3.18. The van der Waals surface area contributed by atoms with E-state index in [2.05, 4.69) is 17.1 Å². The van der Waals surface area contributed by atoms with Crippen molar-refractivity contribution in [1.29, 1.82) is 0 Å². The van der Waals surface area contributed by atoms with Crippen molar-refractivity contribution < 1.29 is 0 Å². The van der Waals surface area contributed by atoms with E-state index >= 15 is 0 Å². The quantitative estimate of drug-likeness (QED) is 0.749. The Hall–Kier alpha value is -0.0800. The monoisotopic (exact) mass is 210 g/mol. The molecular weight excluding hydrogens is 184 g/mol. The van der Waals surface area contributed by atoms with Crippen LogP contribution in [0.5, 0.6) is 0 Å². The minimum Gasteiger partial charge on any atom is -0.316 e. The second kappa shape index (κ2) is 5.86. The maximum absolute atomic E-state index is 3.47. The molecule has 0 aromatic carbocycles. The summed E-state index contributed by atoms with van der Waals surface area (Å²) in [6.07, 6.45) is 8.66. The molecule has 1 saturated carbocycles. The van der Waals surface area contributed by atoms with Gasteiger partial charge in [-0.3, -0.25) is 0 Å². The van der Waals surface area contributed by atoms with Crippen LogP contribution in [0.1, 0.15) is 45.4 Å². The Morgan fingerprint density at radius 3 is 2.60 bits per heavy atom. The summed E-state index contributed by atoms with van der Waals surface area (Å²) >= 11 is 0. The molecule has 1 saturated heterocycles. The van der Waals surface area contributed by atoms with Crippen molar-refractivity contribution in [2.45, 2.75) is 51.5 Å². The molecule has 0 amide bonds. The number of nitrogens with one attached hydrogen (secondary N) is 1. The van der Waals surface area contributed by atoms with E-state index < -0.39 is 0 Å². The summed E-state index contributed by atoms with van der Waals surface area (Å²) < 4.78 is 0. The Kier molecular flexibility index (Phi) is 4.45. The van der Waals surface area contributed by atoms with Crippen LogP contribution in [0, 0.1) is 5.92 Å². The molecule has 0 radical (unpaired) electrons. The zero-order valence-corrected chi connectivity index (χ0v) is 10.2. The molecule has 88 valence electrons. The van der Waals surface area contributed by atoms with Gasteiger partial charge < -0.3 is 10.2 Å². The van der Waals surface area contributed by atoms with Gasteiger partial charge in [-0.2, -0.15) is 0 Å². The molecule has 1 N–H and O–H groups in total. The highest BCUT2D eigenvalue weighted by Crippen LogP contribution is 2.24. The van der Waals surface area contributed by atoms with Gasteiger partial charge in [0.15, 0.2) is 0 Å². The van der Waals surface area contributed by atoms with Crippen LogP contribution in [0.15, 0.2) is 0 Å². The minimum absolute atomic E-state index is 0.921. The number of rotatable bonds is 5. The average Bonchev–Trinajstić information content (AvgIpc) is 2.90. The highest BCUT2D eigenvalue weighted by Gasteiger charge is 2.22. The Balaban J connectivity index is 1.69. The fraction of sp³-hybridized carbons (Fsp3) is 1.00. The maximum atomic E-state index is 3.47. The van der Waals surface area contributed by atoms with E-state index in [1.807, 2.05) is 0 Å². The highest BCUT2D eigenvalue weighted by atomic mass is 15.1. The molecule has 0 bridgehead atoms. The van der Waals surface area contributed by atoms with Gasteiger partial charge in [0.05, 0.1) is 0 Å². The summed E-state index contributed by atoms with van der Waals surface area (Å²) in [5, 5.41) is 3.47. The van der Waals surface area contributed by atoms with Gasteiger partial charge >= 0.3 is 0 Å². The van der Waals surface area contributed by atoms with Crippen molar-refractivity contribution in [3.8, 4) is 0 Å². The van der Waals surface area contributed by atoms with Gasteiger partial charge in [0.1, 0.15) is 0 Å². The van der Waals surface area contributed by atoms with E-state index in [1.54, 1.807) is 0 Å². The van der Waals surface area contributed by atoms with E-state index in [1.165, 1.54) is 64.7 Å². The van der Waals surface area contributed by atoms with Crippen LogP contribution in [0.4, 0.5) is 0 Å². The smallest absolute Gasteiger partial charge is 0.00951 e. The molecule has 2 fully saturated rings. The normalized spacial score (nSPS) is 28.0. The number of nitrogens with zero attached hydrogens (tertiary/aromatic N) is 1. The van der Waals surface area contributed by atoms with Gasteiger partial charge in [-0.25, -0.2) is 0 Å². The zero-order valence-electron chi connectivity index (χ0n) is 10.2. The first kappa shape index (κ1) is 11.4. The average molecular weight is 210 g/mol. The number of hydrogen-bond donors (Lipinski definition) is 1. The molecule has 0 spiro atoms. The molecule has 0 aromatic heterocycles. The van der Waals surface area contributed by atoms with Crippen molar-refractivity contribution in [3.63, 3.8) is 0 Å². The second-order valence-electron chi connectivity index (χ2n) is 5.21. The largest absolute Gasteiger partial charge is 0.316 e. The first-order valence-corrected chi connectivity index (χ1v) is 6.85. The van der Waals surface area contributed by atoms with Gasteiger partial charge in [0.2, 0.25) is 0 Å². The first-order valence-electron chi connectivity index (χ1n) is 6.85. The molecule has 1 aliphatic carbocycles. The summed E-state index contributed by atoms with van der Waals surface area (Å²) in [7, 11) is 0. The maximum Gasteiger partial charge on any atom is 0.00951 e. The summed E-state index contributed by atoms with van der Waals surface area (Å²) in [5.41, 5.74) is 0. The van der Waals surface area contributed by atoms with Crippen LogP contribution in [-0.4, -0.2) is 37.1 Å². The van der Waals surface area contributed by atoms with Crippen molar-refractivity contribution in [2.24, 2.45) is 5.92 Å². The molecule has 15 heavy (non-hydrogen) atoms. The lowest BCUT2D eigenvalue weighted by molar-refractivity contribution is 0.196. The molecule has 1 aliphatic heterocycles. The Morgan fingerprint density at radius 2 is 2.00 bits per heavy atom. The van der Waals surface area contributed by atoms with Gasteiger partial charge in [-0.15, -0.1) is 0 Å². The minimum atomic E-state index is 0.921. The van der Waals surface area contributed by atoms with Crippen LogP contribution >= 0.6 is 0 Å². The lowest BCUT2D eigenvalue weighted by Crippen LogP contribution is -2.34. The summed E-state index contributed by atoms with van der Waals surface area (Å²) in [5.74, 6) is 0.959. The van der Waals surface area contributed by atoms with Crippen LogP contribution in [0.2, 0.25) is 0 Å². The van der Waals surface area contributed by atoms with Gasteiger partial charge in [-0.05, 0) is 57.8 Å². The molecule has 1 atom stereocenters. The number of hydrogen-bond acceptors (Lipinski definition) is 2. The second-order valence-corrected chi connectivity index (χ2v) is 5.21. The SMILES string of the molecule is CCN(CCC1CCNC1)C1CCCC1. The van der Waals surface area contributed by atoms with Crippen LogP contribution in [0.25, 0.3) is 0 Å². The van der Waals surface area contributed by atoms with Crippen LogP contribution < -0.4 is 5.32 Å². The van der Waals surface area contributed by atoms with Gasteiger partial charge in [0.25, 0.3) is 0 Å². The van der Waals surface area contributed by atoms with Crippen molar-refractivity contribution in [1.82, 2.24) is 10.2 Å². The fourth-order valence-electron chi connectivity index (χ4n) is 3.18. The van der Waals surface area contributed by atoms with Crippen molar-refractivity contribution >= 4 is 0 Å². The molecule has 1 heterocycles. The van der Waals surface area contributed by atoms with E-state index in [0.717, 1.165) is 12.0 Å². The zero-order chi connectivity index (χ0) is 10.5. The summed E-state index contributed by atoms with van der Waals surface area (Å²) in [4.78, 5) is 2.73. The third kappa shape index (κ3) is 3.18. The Labute approximate surface area is 94.4 Å². The lowest BCUT2D eigenvalue weighted by Gasteiger charge is -2.28. The molecule has 0 aromatic rings. The van der Waals surface area contributed by atoms with Gasteiger partial charge in [-0.1, -0.05) is 19.8 Å². The van der Waals surface area contributed by atoms with Crippen molar-refractivity contribution in [2.75, 3.05) is 26.2 Å². The summed E-state index contributed by atoms with van der Waals surface area (Å²) in [6.45, 7) is 7.44. The predicted molar refractivity (Wildman–Crippen MR) is 65.1 cm³/mol. The molecule has 2 nitrogen and oxygen atoms in total. The Morgan fingerprint density at radius 1 is 1.20 bits per heavy atom. The van der Waals surface area contributed by atoms with Gasteiger partial charge in [0, 0.05) is 6.04 Å². The predicted octanol–water partition coefficient (Wildman–Crippen LogP) is 2.25. The molecule has 2 rings (SSSR count). The Bertz CT molecular complexity index is 169.